The number of benzene rings is 1. The molecule has 0 aromatic heterocycles. The lowest BCUT2D eigenvalue weighted by Gasteiger charge is -2.33. The summed E-state index contributed by atoms with van der Waals surface area (Å²) in [5.74, 6) is -2.90. The molecule has 1 aromatic carbocycles. The van der Waals surface area contributed by atoms with E-state index in [4.69, 9.17) is 28.3 Å². The molecule has 0 saturated carbocycles. The fourth-order valence-corrected chi connectivity index (χ4v) is 3.89. The van der Waals surface area contributed by atoms with E-state index in [-0.39, 0.29) is 27.9 Å². The maximum absolute atomic E-state index is 12.4. The van der Waals surface area contributed by atoms with Gasteiger partial charge < -0.3 is 10.0 Å². The summed E-state index contributed by atoms with van der Waals surface area (Å²) >= 11 is 11.7. The summed E-state index contributed by atoms with van der Waals surface area (Å²) < 4.78 is 23.1. The third kappa shape index (κ3) is 3.48. The molecule has 1 N–H and O–H groups in total. The monoisotopic (exact) mass is 351 g/mol. The zero-order valence-corrected chi connectivity index (χ0v) is 13.0. The van der Waals surface area contributed by atoms with Crippen molar-refractivity contribution in [1.29, 1.82) is 0 Å². The van der Waals surface area contributed by atoms with Crippen molar-refractivity contribution in [1.82, 2.24) is 4.90 Å². The van der Waals surface area contributed by atoms with Gasteiger partial charge in [0.25, 0.3) is 5.91 Å². The Morgan fingerprint density at radius 1 is 1.29 bits per heavy atom. The number of carboxylic acids is 1. The van der Waals surface area contributed by atoms with Gasteiger partial charge in [0.15, 0.2) is 9.84 Å². The van der Waals surface area contributed by atoms with Crippen LogP contribution in [0.3, 0.4) is 0 Å². The topological polar surface area (TPSA) is 91.8 Å². The Morgan fingerprint density at radius 3 is 2.57 bits per heavy atom. The van der Waals surface area contributed by atoms with Crippen LogP contribution < -0.4 is 0 Å². The minimum Gasteiger partial charge on any atom is -0.480 e. The number of sulfone groups is 1. The third-order valence-electron chi connectivity index (χ3n) is 3.14. The van der Waals surface area contributed by atoms with Crippen LogP contribution in [0, 0.1) is 0 Å². The summed E-state index contributed by atoms with van der Waals surface area (Å²) in [4.78, 5) is 24.6. The molecule has 6 nitrogen and oxygen atoms in total. The van der Waals surface area contributed by atoms with Crippen LogP contribution in [0.1, 0.15) is 10.4 Å². The van der Waals surface area contributed by atoms with E-state index in [0.717, 1.165) is 4.90 Å². The summed E-state index contributed by atoms with van der Waals surface area (Å²) in [5.41, 5.74) is 0.0507. The van der Waals surface area contributed by atoms with E-state index < -0.39 is 33.5 Å². The second-order valence-corrected chi connectivity index (χ2v) is 7.66. The van der Waals surface area contributed by atoms with Crippen molar-refractivity contribution in [2.75, 3.05) is 18.1 Å². The number of carbonyl (C=O) groups is 2. The Morgan fingerprint density at radius 2 is 1.95 bits per heavy atom. The minimum atomic E-state index is -3.48. The molecule has 0 radical (unpaired) electrons. The van der Waals surface area contributed by atoms with Crippen LogP contribution in [-0.2, 0) is 14.6 Å². The van der Waals surface area contributed by atoms with E-state index in [1.807, 2.05) is 0 Å². The van der Waals surface area contributed by atoms with Crippen LogP contribution in [0.5, 0.6) is 0 Å². The highest BCUT2D eigenvalue weighted by Gasteiger charge is 2.39. The van der Waals surface area contributed by atoms with E-state index in [9.17, 15) is 18.0 Å². The predicted octanol–water partition coefficient (Wildman–Crippen LogP) is 1.32. The SMILES string of the molecule is O=C(O)C1CS(=O)(=O)CCN1C(=O)c1cc(Cl)ccc1Cl. The smallest absolute Gasteiger partial charge is 0.327 e. The maximum Gasteiger partial charge on any atom is 0.327 e. The van der Waals surface area contributed by atoms with Crippen molar-refractivity contribution in [3.63, 3.8) is 0 Å². The van der Waals surface area contributed by atoms with Crippen molar-refractivity contribution >= 4 is 44.9 Å². The number of nitrogens with zero attached hydrogens (tertiary/aromatic N) is 1. The lowest BCUT2D eigenvalue weighted by atomic mass is 10.1. The van der Waals surface area contributed by atoms with E-state index in [1.165, 1.54) is 18.2 Å². The van der Waals surface area contributed by atoms with Gasteiger partial charge in [0.2, 0.25) is 0 Å². The van der Waals surface area contributed by atoms with Crippen molar-refractivity contribution in [3.8, 4) is 0 Å². The van der Waals surface area contributed by atoms with Crippen LogP contribution in [0.2, 0.25) is 10.0 Å². The summed E-state index contributed by atoms with van der Waals surface area (Å²) in [6, 6.07) is 2.82. The lowest BCUT2D eigenvalue weighted by molar-refractivity contribution is -0.141. The number of hydrogen-bond donors (Lipinski definition) is 1. The second-order valence-electron chi connectivity index (χ2n) is 4.59. The molecular weight excluding hydrogens is 341 g/mol. The van der Waals surface area contributed by atoms with E-state index in [0.29, 0.717) is 0 Å². The Bertz CT molecular complexity index is 704. The van der Waals surface area contributed by atoms with Crippen molar-refractivity contribution in [2.24, 2.45) is 0 Å². The van der Waals surface area contributed by atoms with Gasteiger partial charge in [-0.1, -0.05) is 23.2 Å². The molecule has 1 atom stereocenters. The molecule has 0 spiro atoms. The summed E-state index contributed by atoms with van der Waals surface area (Å²) in [6.07, 6.45) is 0. The Balaban J connectivity index is 2.37. The van der Waals surface area contributed by atoms with Crippen LogP contribution in [0.15, 0.2) is 18.2 Å². The molecule has 1 unspecified atom stereocenters. The normalized spacial score (nSPS) is 21.0. The highest BCUT2D eigenvalue weighted by molar-refractivity contribution is 7.91. The zero-order valence-electron chi connectivity index (χ0n) is 10.6. The lowest BCUT2D eigenvalue weighted by Crippen LogP contribution is -2.54. The van der Waals surface area contributed by atoms with Crippen molar-refractivity contribution in [2.45, 2.75) is 6.04 Å². The first-order chi connectivity index (χ1) is 9.71. The van der Waals surface area contributed by atoms with Crippen LogP contribution >= 0.6 is 23.2 Å². The van der Waals surface area contributed by atoms with Crippen molar-refractivity contribution < 1.29 is 23.1 Å². The number of rotatable bonds is 2. The predicted molar refractivity (Wildman–Crippen MR) is 77.6 cm³/mol. The highest BCUT2D eigenvalue weighted by Crippen LogP contribution is 2.24. The molecule has 0 bridgehead atoms. The van der Waals surface area contributed by atoms with Gasteiger partial charge in [0.05, 0.1) is 22.1 Å². The molecule has 21 heavy (non-hydrogen) atoms. The van der Waals surface area contributed by atoms with Gasteiger partial charge in [-0.2, -0.15) is 0 Å². The van der Waals surface area contributed by atoms with E-state index >= 15 is 0 Å². The second kappa shape index (κ2) is 5.82. The molecule has 9 heteroatoms. The number of carbonyl (C=O) groups excluding carboxylic acids is 1. The molecule has 1 amide bonds. The highest BCUT2D eigenvalue weighted by atomic mass is 35.5. The summed E-state index contributed by atoms with van der Waals surface area (Å²) in [7, 11) is -3.48. The van der Waals surface area contributed by atoms with Gasteiger partial charge in [-0.15, -0.1) is 0 Å². The number of carboxylic acid groups (broad SMARTS) is 1. The maximum atomic E-state index is 12.4. The van der Waals surface area contributed by atoms with Gasteiger partial charge in [0, 0.05) is 11.6 Å². The molecule has 1 aromatic rings. The molecule has 1 saturated heterocycles. The standard InChI is InChI=1S/C12H11Cl2NO5S/c13-7-1-2-9(14)8(5-7)11(16)15-3-4-21(19,20)6-10(15)12(17)18/h1-2,5,10H,3-4,6H2,(H,17,18). The fraction of sp³-hybridized carbons (Fsp3) is 0.333. The average molecular weight is 352 g/mol. The van der Waals surface area contributed by atoms with Crippen molar-refractivity contribution in [3.05, 3.63) is 33.8 Å². The molecule has 1 fully saturated rings. The molecule has 114 valence electrons. The molecule has 1 heterocycles. The number of aliphatic carboxylic acids is 1. The Labute approximate surface area is 131 Å². The third-order valence-corrected chi connectivity index (χ3v) is 5.33. The molecule has 2 rings (SSSR count). The largest absolute Gasteiger partial charge is 0.480 e. The van der Waals surface area contributed by atoms with E-state index in [2.05, 4.69) is 0 Å². The molecular formula is C12H11Cl2NO5S. The summed E-state index contributed by atoms with van der Waals surface area (Å²) in [6.45, 7) is -0.193. The molecule has 1 aliphatic heterocycles. The summed E-state index contributed by atoms with van der Waals surface area (Å²) in [5, 5.41) is 9.55. The van der Waals surface area contributed by atoms with E-state index in [1.54, 1.807) is 0 Å². The number of amides is 1. The van der Waals surface area contributed by atoms with Gasteiger partial charge in [0.1, 0.15) is 6.04 Å². The Hall–Kier alpha value is -1.31. The van der Waals surface area contributed by atoms with Crippen LogP contribution in [-0.4, -0.2) is 54.4 Å². The Kier molecular flexibility index (Phi) is 4.46. The number of halogens is 2. The van der Waals surface area contributed by atoms with Crippen LogP contribution in [0.25, 0.3) is 0 Å². The first kappa shape index (κ1) is 16.1. The first-order valence-corrected chi connectivity index (χ1v) is 8.48. The van der Waals surface area contributed by atoms with Gasteiger partial charge in [-0.25, -0.2) is 13.2 Å². The molecule has 1 aliphatic rings. The first-order valence-electron chi connectivity index (χ1n) is 5.90. The zero-order chi connectivity index (χ0) is 15.8. The van der Waals surface area contributed by atoms with Gasteiger partial charge in [-0.05, 0) is 18.2 Å². The molecule has 0 aliphatic carbocycles. The fourth-order valence-electron chi connectivity index (χ4n) is 2.07. The minimum absolute atomic E-state index is 0.0507. The average Bonchev–Trinajstić information content (AvgIpc) is 2.39. The number of hydrogen-bond acceptors (Lipinski definition) is 4. The van der Waals surface area contributed by atoms with Gasteiger partial charge >= 0.3 is 5.97 Å². The van der Waals surface area contributed by atoms with Crippen LogP contribution in [0.4, 0.5) is 0 Å². The quantitative estimate of drug-likeness (QED) is 0.867. The van der Waals surface area contributed by atoms with Gasteiger partial charge in [-0.3, -0.25) is 4.79 Å².